The van der Waals surface area contributed by atoms with Crippen LogP contribution in [0.1, 0.15) is 107 Å². The van der Waals surface area contributed by atoms with E-state index in [0.717, 1.165) is 72.8 Å². The van der Waals surface area contributed by atoms with Crippen molar-refractivity contribution in [1.29, 1.82) is 5.26 Å². The number of furan rings is 1. The van der Waals surface area contributed by atoms with Crippen LogP contribution >= 0.6 is 0 Å². The summed E-state index contributed by atoms with van der Waals surface area (Å²) in [5.41, 5.74) is 16.5. The number of nitrogens with zero attached hydrogens (tertiary/aromatic N) is 3. The molecule has 1 aliphatic heterocycles. The van der Waals surface area contributed by atoms with E-state index in [0.29, 0.717) is 5.92 Å². The fourth-order valence-corrected chi connectivity index (χ4v) is 11.2. The Kier molecular flexibility index (Phi) is 6.66. The minimum atomic E-state index is -0.510. The fourth-order valence-electron chi connectivity index (χ4n) is 11.2. The van der Waals surface area contributed by atoms with E-state index in [1.54, 1.807) is 0 Å². The van der Waals surface area contributed by atoms with E-state index in [9.17, 15) is 5.26 Å². The monoisotopic (exact) mass is 727 g/mol. The van der Waals surface area contributed by atoms with Crippen molar-refractivity contribution >= 4 is 34.8 Å². The van der Waals surface area contributed by atoms with Crippen molar-refractivity contribution in [2.75, 3.05) is 0 Å². The number of hydrogen-bond acceptors (Lipinski definition) is 3. The van der Waals surface area contributed by atoms with Crippen LogP contribution in [0.2, 0.25) is 0 Å². The van der Waals surface area contributed by atoms with Crippen LogP contribution in [0, 0.1) is 11.3 Å². The largest absolute Gasteiger partial charge is 0.481 e. The molecule has 3 aromatic carbocycles. The molecule has 272 valence electrons. The molecule has 4 heterocycles. The van der Waals surface area contributed by atoms with Crippen molar-refractivity contribution in [3.05, 3.63) is 165 Å². The lowest BCUT2D eigenvalue weighted by molar-refractivity contribution is 0.101. The maximum Gasteiger partial charge on any atom is 0.144 e. The summed E-state index contributed by atoms with van der Waals surface area (Å²) < 4.78 is 18.5. The molecule has 5 aliphatic carbocycles. The Bertz CT molecular complexity index is 2910. The van der Waals surface area contributed by atoms with Crippen molar-refractivity contribution in [3.8, 4) is 28.8 Å². The van der Waals surface area contributed by atoms with Gasteiger partial charge in [0.2, 0.25) is 0 Å². The van der Waals surface area contributed by atoms with E-state index in [2.05, 4.69) is 150 Å². The summed E-state index contributed by atoms with van der Waals surface area (Å²) >= 11 is 0. The first-order chi connectivity index (χ1) is 27.5. The van der Waals surface area contributed by atoms with Gasteiger partial charge in [-0.25, -0.2) is 0 Å². The summed E-state index contributed by atoms with van der Waals surface area (Å²) in [6, 6.07) is 28.9. The van der Waals surface area contributed by atoms with Gasteiger partial charge in [-0.15, -0.1) is 0 Å². The Morgan fingerprint density at radius 3 is 2.66 bits per heavy atom. The lowest BCUT2D eigenvalue weighted by Gasteiger charge is -2.33. The molecule has 0 N–H and O–H groups in total. The molecule has 0 fully saturated rings. The quantitative estimate of drug-likeness (QED) is 0.182. The molecule has 4 atom stereocenters. The number of nitriles is 1. The van der Waals surface area contributed by atoms with Crippen LogP contribution in [0.5, 0.6) is 5.75 Å². The van der Waals surface area contributed by atoms with Crippen molar-refractivity contribution in [2.45, 2.75) is 75.7 Å². The van der Waals surface area contributed by atoms with Crippen LogP contribution in [0.25, 0.3) is 51.8 Å². The van der Waals surface area contributed by atoms with Gasteiger partial charge in [0.25, 0.3) is 0 Å². The summed E-state index contributed by atoms with van der Waals surface area (Å²) in [6.07, 6.45) is 23.7. The highest BCUT2D eigenvalue weighted by Gasteiger charge is 2.49. The number of rotatable bonds is 3. The van der Waals surface area contributed by atoms with E-state index < -0.39 is 5.60 Å². The van der Waals surface area contributed by atoms with Crippen molar-refractivity contribution < 1.29 is 9.15 Å². The van der Waals surface area contributed by atoms with Crippen LogP contribution in [0.15, 0.2) is 113 Å². The zero-order chi connectivity index (χ0) is 37.3. The molecule has 3 aromatic heterocycles. The summed E-state index contributed by atoms with van der Waals surface area (Å²) in [5, 5.41) is 11.8. The highest BCUT2D eigenvalue weighted by molar-refractivity contribution is 5.93. The molecular weight excluding hydrogens is 687 g/mol. The second-order valence-electron chi connectivity index (χ2n) is 16.6. The number of ether oxygens (including phenoxy) is 1. The highest BCUT2D eigenvalue weighted by atomic mass is 16.5. The van der Waals surface area contributed by atoms with Crippen molar-refractivity contribution in [2.24, 2.45) is 0 Å². The SMILES string of the molecule is CC1CC=Cc2oc3c(c21)CCc1c-3c2c(n1C1=C(C#N)C=CC(c3cccc(-n4c5c(c6ccccc64)C4(C)Oc6ccccc6C4C=C5)c3)C1)C=CCC2. The van der Waals surface area contributed by atoms with Crippen LogP contribution in [0.3, 0.4) is 0 Å². The van der Waals surface area contributed by atoms with Gasteiger partial charge in [-0.3, -0.25) is 0 Å². The van der Waals surface area contributed by atoms with Gasteiger partial charge in [-0.05, 0) is 111 Å². The van der Waals surface area contributed by atoms with Gasteiger partial charge in [0, 0.05) is 67.8 Å². The second kappa shape index (κ2) is 11.6. The minimum absolute atomic E-state index is 0.104. The standard InChI is InChI=1S/C51H41N3O2/c1-30-11-9-20-46-47(30)38-23-25-42-48(50(38)55-46)36-15-3-6-17-40(36)54(42)44-28-32(21-22-33(44)29-52)31-12-10-13-34(27-31)53-41-18-7-4-16-37(41)49-43(53)26-24-39-35-14-5-8-19-45(35)56-51(39,49)2/h4-10,12-14,16-22,24,26-27,30,32,39H,3,11,15,23,25,28H2,1-2H3. The Balaban J connectivity index is 0.960. The first kappa shape index (κ1) is 32.0. The van der Waals surface area contributed by atoms with Gasteiger partial charge in [-0.2, -0.15) is 5.26 Å². The smallest absolute Gasteiger partial charge is 0.144 e. The normalized spacial score (nSPS) is 23.5. The molecule has 5 heteroatoms. The van der Waals surface area contributed by atoms with Gasteiger partial charge in [0.15, 0.2) is 0 Å². The third-order valence-corrected chi connectivity index (χ3v) is 13.6. The van der Waals surface area contributed by atoms with Gasteiger partial charge in [0.05, 0.1) is 16.8 Å². The molecule has 56 heavy (non-hydrogen) atoms. The minimum Gasteiger partial charge on any atom is -0.481 e. The Morgan fingerprint density at radius 2 is 1.73 bits per heavy atom. The maximum atomic E-state index is 10.6. The molecule has 0 amide bonds. The second-order valence-corrected chi connectivity index (χ2v) is 16.6. The summed E-state index contributed by atoms with van der Waals surface area (Å²) in [7, 11) is 0. The number of hydrogen-bond donors (Lipinski definition) is 0. The van der Waals surface area contributed by atoms with E-state index in [1.165, 1.54) is 66.9 Å². The number of allylic oxidation sites excluding steroid dienone is 6. The average molecular weight is 728 g/mol. The third-order valence-electron chi connectivity index (χ3n) is 13.6. The Labute approximate surface area is 326 Å². The molecular formula is C51H41N3O2. The first-order valence-corrected chi connectivity index (χ1v) is 20.3. The Hall–Kier alpha value is -6.25. The molecule has 6 aliphatic rings. The highest BCUT2D eigenvalue weighted by Crippen LogP contribution is 2.57. The zero-order valence-electron chi connectivity index (χ0n) is 31.7. The summed E-state index contributed by atoms with van der Waals surface area (Å²) in [5.74, 6) is 3.79. The van der Waals surface area contributed by atoms with Gasteiger partial charge >= 0.3 is 0 Å². The Morgan fingerprint density at radius 1 is 0.839 bits per heavy atom. The molecule has 0 saturated carbocycles. The van der Waals surface area contributed by atoms with Crippen LogP contribution in [0.4, 0.5) is 0 Å². The number of fused-ring (bicyclic) bond motifs is 14. The van der Waals surface area contributed by atoms with Crippen molar-refractivity contribution in [3.63, 3.8) is 0 Å². The molecule has 0 radical (unpaired) electrons. The van der Waals surface area contributed by atoms with Crippen molar-refractivity contribution in [1.82, 2.24) is 9.13 Å². The molecule has 0 spiro atoms. The molecule has 12 rings (SSSR count). The van der Waals surface area contributed by atoms with E-state index >= 15 is 0 Å². The molecule has 5 nitrogen and oxygen atoms in total. The lowest BCUT2D eigenvalue weighted by Crippen LogP contribution is -2.33. The van der Waals surface area contributed by atoms with Crippen LogP contribution < -0.4 is 4.74 Å². The predicted molar refractivity (Wildman–Crippen MR) is 224 cm³/mol. The van der Waals surface area contributed by atoms with E-state index in [-0.39, 0.29) is 11.8 Å². The lowest BCUT2D eigenvalue weighted by atomic mass is 9.76. The molecule has 4 unspecified atom stereocenters. The number of aromatic nitrogens is 2. The first-order valence-electron chi connectivity index (χ1n) is 20.3. The van der Waals surface area contributed by atoms with Crippen LogP contribution in [-0.2, 0) is 24.9 Å². The predicted octanol–water partition coefficient (Wildman–Crippen LogP) is 12.2. The molecule has 0 saturated heterocycles. The number of benzene rings is 3. The third kappa shape index (κ3) is 4.25. The summed E-state index contributed by atoms with van der Waals surface area (Å²) in [4.78, 5) is 0. The van der Waals surface area contributed by atoms with Gasteiger partial charge in [-0.1, -0.05) is 79.8 Å². The molecule has 6 aromatic rings. The van der Waals surface area contributed by atoms with Gasteiger partial charge in [0.1, 0.15) is 28.9 Å². The average Bonchev–Trinajstić information content (AvgIpc) is 3.96. The topological polar surface area (TPSA) is 56.0 Å². The van der Waals surface area contributed by atoms with Crippen LogP contribution in [-0.4, -0.2) is 9.13 Å². The maximum absolute atomic E-state index is 10.6. The summed E-state index contributed by atoms with van der Waals surface area (Å²) in [6.45, 7) is 4.58. The molecule has 0 bridgehead atoms. The fraction of sp³-hybridized carbons (Fsp3) is 0.235. The number of para-hydroxylation sites is 2. The van der Waals surface area contributed by atoms with E-state index in [4.69, 9.17) is 9.15 Å². The van der Waals surface area contributed by atoms with Gasteiger partial charge < -0.3 is 18.3 Å². The zero-order valence-corrected chi connectivity index (χ0v) is 31.7. The van der Waals surface area contributed by atoms with E-state index in [1.807, 2.05) is 0 Å².